The van der Waals surface area contributed by atoms with Crippen LogP contribution in [0.5, 0.6) is 0 Å². The highest BCUT2D eigenvalue weighted by Gasteiger charge is 2.54. The Morgan fingerprint density at radius 1 is 0.607 bits per heavy atom. The molecule has 0 bridgehead atoms. The molecule has 4 aliphatic heterocycles. The van der Waals surface area contributed by atoms with E-state index in [1.54, 1.807) is 20.8 Å². The summed E-state index contributed by atoms with van der Waals surface area (Å²) >= 11 is 0. The van der Waals surface area contributed by atoms with E-state index in [1.807, 2.05) is 19.9 Å². The Hall–Kier alpha value is -1.99. The highest BCUT2D eigenvalue weighted by Crippen LogP contribution is 2.35. The second kappa shape index (κ2) is 22.8. The van der Waals surface area contributed by atoms with Crippen molar-refractivity contribution in [2.24, 2.45) is 0 Å². The zero-order valence-electron chi connectivity index (χ0n) is 36.6. The third kappa shape index (κ3) is 13.3. The molecule has 21 unspecified atom stereocenters. The zero-order valence-corrected chi connectivity index (χ0v) is 36.6. The molecular formula is C42H70O19. The van der Waals surface area contributed by atoms with Gasteiger partial charge in [-0.25, -0.2) is 0 Å². The predicted molar refractivity (Wildman–Crippen MR) is 213 cm³/mol. The Labute approximate surface area is 357 Å². The van der Waals surface area contributed by atoms with Crippen LogP contribution in [-0.4, -0.2) is 189 Å². The van der Waals surface area contributed by atoms with Gasteiger partial charge in [-0.3, -0.25) is 4.79 Å². The lowest BCUT2D eigenvalue weighted by Crippen LogP contribution is -2.66. The van der Waals surface area contributed by atoms with Crippen LogP contribution in [0.25, 0.3) is 0 Å². The highest BCUT2D eigenvalue weighted by molar-refractivity contribution is 5.66. The molecule has 4 rings (SSSR count). The normalized spacial score (nSPS) is 43.7. The Bertz CT molecular complexity index is 1460. The largest absolute Gasteiger partial charge is 0.457 e. The maximum Gasteiger partial charge on any atom is 0.303 e. The molecule has 4 saturated heterocycles. The van der Waals surface area contributed by atoms with Gasteiger partial charge < -0.3 is 88.2 Å². The minimum absolute atomic E-state index is 0.130. The van der Waals surface area contributed by atoms with Crippen LogP contribution in [0.4, 0.5) is 0 Å². The van der Waals surface area contributed by atoms with E-state index in [0.717, 1.165) is 31.8 Å². The number of allylic oxidation sites excluding steroid dienone is 3. The minimum atomic E-state index is -1.73. The lowest BCUT2D eigenvalue weighted by Gasteiger charge is -2.49. The lowest BCUT2D eigenvalue weighted by molar-refractivity contribution is -0.382. The van der Waals surface area contributed by atoms with Crippen molar-refractivity contribution in [3.8, 4) is 0 Å². The van der Waals surface area contributed by atoms with Crippen molar-refractivity contribution in [2.75, 3.05) is 13.7 Å². The first kappa shape index (κ1) is 51.6. The maximum atomic E-state index is 11.5. The smallest absolute Gasteiger partial charge is 0.303 e. The van der Waals surface area contributed by atoms with Gasteiger partial charge in [0.15, 0.2) is 31.3 Å². The molecule has 0 aromatic heterocycles. The number of carbonyl (C=O) groups excluding carboxylic acids is 1. The first-order valence-corrected chi connectivity index (χ1v) is 20.9. The summed E-state index contributed by atoms with van der Waals surface area (Å²) in [5.41, 5.74) is 1.18. The van der Waals surface area contributed by atoms with Gasteiger partial charge in [0.25, 0.3) is 0 Å². The summed E-state index contributed by atoms with van der Waals surface area (Å²) in [4.78, 5) is 11.5. The SMILES string of the molecule is C=CC(C)(O)CC/C=C(\C)CC/C=C(\C)COC1OC(C)C(OC2OC(C)C(OC3OC(C)C(OC4OC(C)C(OC(C)=O)C(O)C4O)C(OC)C3O)C(O)C2O)C(O)C1O. The van der Waals surface area contributed by atoms with Gasteiger partial charge in [-0.2, -0.15) is 0 Å². The van der Waals surface area contributed by atoms with Crippen molar-refractivity contribution in [3.05, 3.63) is 36.0 Å². The van der Waals surface area contributed by atoms with E-state index < -0.39 is 134 Å². The van der Waals surface area contributed by atoms with Crippen molar-refractivity contribution < 1.29 is 93.0 Å². The molecule has 0 aromatic rings. The third-order valence-corrected chi connectivity index (χ3v) is 11.6. The summed E-state index contributed by atoms with van der Waals surface area (Å²) in [6.45, 7) is 16.8. The second-order valence-electron chi connectivity index (χ2n) is 16.9. The molecular weight excluding hydrogens is 808 g/mol. The Morgan fingerprint density at radius 2 is 1.03 bits per heavy atom. The summed E-state index contributed by atoms with van der Waals surface area (Å²) < 4.78 is 57.8. The number of ether oxygens (including phenoxy) is 10. The molecule has 0 saturated carbocycles. The van der Waals surface area contributed by atoms with Gasteiger partial charge >= 0.3 is 5.97 Å². The van der Waals surface area contributed by atoms with Crippen molar-refractivity contribution >= 4 is 5.97 Å². The maximum absolute atomic E-state index is 11.5. The Balaban J connectivity index is 1.28. The summed E-state index contributed by atoms with van der Waals surface area (Å²) in [6, 6.07) is 0. The summed E-state index contributed by atoms with van der Waals surface area (Å²) in [5.74, 6) is -0.672. The molecule has 0 aromatic carbocycles. The quantitative estimate of drug-likeness (QED) is 0.0665. The van der Waals surface area contributed by atoms with Crippen LogP contribution in [0.1, 0.15) is 81.1 Å². The van der Waals surface area contributed by atoms with E-state index >= 15 is 0 Å². The van der Waals surface area contributed by atoms with E-state index in [1.165, 1.54) is 32.6 Å². The van der Waals surface area contributed by atoms with E-state index in [9.17, 15) is 45.6 Å². The van der Waals surface area contributed by atoms with E-state index in [2.05, 4.69) is 12.7 Å². The Morgan fingerprint density at radius 3 is 1.54 bits per heavy atom. The predicted octanol–water partition coefficient (Wildman–Crippen LogP) is 0.000800. The number of hydrogen-bond donors (Lipinski definition) is 8. The van der Waals surface area contributed by atoms with Crippen LogP contribution in [0.15, 0.2) is 36.0 Å². The van der Waals surface area contributed by atoms with E-state index in [-0.39, 0.29) is 6.61 Å². The first-order valence-electron chi connectivity index (χ1n) is 20.9. The lowest BCUT2D eigenvalue weighted by atomic mass is 9.96. The fourth-order valence-electron chi connectivity index (χ4n) is 7.77. The molecule has 0 amide bonds. The summed E-state index contributed by atoms with van der Waals surface area (Å²) in [7, 11) is 1.30. The van der Waals surface area contributed by atoms with Crippen molar-refractivity contribution in [2.45, 2.75) is 209 Å². The van der Waals surface area contributed by atoms with Gasteiger partial charge in [0.05, 0.1) is 36.6 Å². The van der Waals surface area contributed by atoms with Crippen LogP contribution in [0.3, 0.4) is 0 Å². The Kier molecular flexibility index (Phi) is 19.3. The van der Waals surface area contributed by atoms with Crippen molar-refractivity contribution in [1.82, 2.24) is 0 Å². The van der Waals surface area contributed by atoms with Gasteiger partial charge in [0.2, 0.25) is 0 Å². The number of rotatable bonds is 18. The fraction of sp³-hybridized carbons (Fsp3) is 0.833. The number of carbonyl (C=O) groups is 1. The van der Waals surface area contributed by atoms with Crippen molar-refractivity contribution in [1.29, 1.82) is 0 Å². The van der Waals surface area contributed by atoms with Gasteiger partial charge in [0, 0.05) is 14.0 Å². The molecule has 61 heavy (non-hydrogen) atoms. The number of hydrogen-bond acceptors (Lipinski definition) is 19. The molecule has 0 spiro atoms. The zero-order chi connectivity index (χ0) is 45.5. The van der Waals surface area contributed by atoms with E-state index in [0.29, 0.717) is 6.42 Å². The van der Waals surface area contributed by atoms with Crippen LogP contribution >= 0.6 is 0 Å². The average molecular weight is 879 g/mol. The van der Waals surface area contributed by atoms with Gasteiger partial charge in [-0.1, -0.05) is 29.4 Å². The molecule has 4 fully saturated rings. The molecule has 19 heteroatoms. The topological polar surface area (TPSA) is 271 Å². The van der Waals surface area contributed by atoms with Gasteiger partial charge in [-0.05, 0) is 74.1 Å². The summed E-state index contributed by atoms with van der Waals surface area (Å²) in [5, 5.41) is 87.2. The van der Waals surface area contributed by atoms with Gasteiger partial charge in [0.1, 0.15) is 67.1 Å². The van der Waals surface area contributed by atoms with Crippen LogP contribution < -0.4 is 0 Å². The number of aliphatic hydroxyl groups is 8. The third-order valence-electron chi connectivity index (χ3n) is 11.6. The monoisotopic (exact) mass is 878 g/mol. The fourth-order valence-corrected chi connectivity index (χ4v) is 7.77. The number of methoxy groups -OCH3 is 1. The standard InChI is InChI=1S/C42H70O19/c1-11-42(9,51)17-13-16-19(2)14-12-15-20(3)18-53-38-29(47)26(44)34(22(5)54-38)59-39-31(49)28(46)35(23(6)56-39)60-41-32(50)37(52-10)36(24(7)57-41)61-40-30(48)27(45)33(21(4)55-40)58-25(8)43/h11,15-16,21-24,26-41,44-51H,1,12-14,17-18H2,2-10H3/b19-16+,20-15+. The minimum Gasteiger partial charge on any atom is -0.457 e. The number of aliphatic hydroxyl groups excluding tert-OH is 7. The number of esters is 1. The average Bonchev–Trinajstić information content (AvgIpc) is 3.19. The first-order chi connectivity index (χ1) is 28.6. The van der Waals surface area contributed by atoms with Crippen LogP contribution in [0, 0.1) is 0 Å². The summed E-state index contributed by atoms with van der Waals surface area (Å²) in [6.07, 6.45) is -17.7. The molecule has 21 atom stereocenters. The molecule has 4 heterocycles. The van der Waals surface area contributed by atoms with E-state index in [4.69, 9.17) is 47.4 Å². The van der Waals surface area contributed by atoms with Gasteiger partial charge in [-0.15, -0.1) is 6.58 Å². The van der Waals surface area contributed by atoms with Crippen molar-refractivity contribution in [3.63, 3.8) is 0 Å². The molecule has 0 aliphatic carbocycles. The molecule has 4 aliphatic rings. The van der Waals surface area contributed by atoms with Crippen LogP contribution in [-0.2, 0) is 52.2 Å². The molecule has 19 nitrogen and oxygen atoms in total. The molecule has 352 valence electrons. The van der Waals surface area contributed by atoms with Crippen LogP contribution in [0.2, 0.25) is 0 Å². The molecule has 0 radical (unpaired) electrons. The molecule has 8 N–H and O–H groups in total. The highest BCUT2D eigenvalue weighted by atomic mass is 16.8. The second-order valence-corrected chi connectivity index (χ2v) is 16.9.